The first kappa shape index (κ1) is 7.60. The third-order valence-electron chi connectivity index (χ3n) is 1.75. The molecule has 3 rings (SSSR count). The SMILES string of the molecule is Sc1c2c(cc3nsnc13)N=S=N2. The van der Waals surface area contributed by atoms with Gasteiger partial charge in [0.05, 0.1) is 28.0 Å². The zero-order chi connectivity index (χ0) is 8.84. The topological polar surface area (TPSA) is 50.5 Å². The predicted molar refractivity (Wildman–Crippen MR) is 56.2 cm³/mol. The van der Waals surface area contributed by atoms with Crippen LogP contribution in [0, 0.1) is 0 Å². The Morgan fingerprint density at radius 2 is 2.15 bits per heavy atom. The summed E-state index contributed by atoms with van der Waals surface area (Å²) in [6, 6.07) is 1.89. The Morgan fingerprint density at radius 3 is 3.08 bits per heavy atom. The Balaban J connectivity index is 2.54. The van der Waals surface area contributed by atoms with E-state index in [0.717, 1.165) is 27.3 Å². The van der Waals surface area contributed by atoms with Crippen molar-refractivity contribution >= 4 is 58.1 Å². The van der Waals surface area contributed by atoms with Crippen molar-refractivity contribution < 1.29 is 0 Å². The van der Waals surface area contributed by atoms with Crippen LogP contribution in [0.1, 0.15) is 0 Å². The minimum absolute atomic E-state index is 0.773. The first-order valence-electron chi connectivity index (χ1n) is 3.43. The van der Waals surface area contributed by atoms with E-state index in [0.29, 0.717) is 0 Å². The summed E-state index contributed by atoms with van der Waals surface area (Å²) in [5, 5.41) is 0. The Kier molecular flexibility index (Phi) is 1.52. The van der Waals surface area contributed by atoms with Gasteiger partial charge in [-0.25, -0.2) is 0 Å². The summed E-state index contributed by atoms with van der Waals surface area (Å²) in [6.45, 7) is 0. The van der Waals surface area contributed by atoms with Gasteiger partial charge in [0.2, 0.25) is 0 Å². The summed E-state index contributed by atoms with van der Waals surface area (Å²) in [4.78, 5) is 0.773. The molecule has 0 unspecified atom stereocenters. The van der Waals surface area contributed by atoms with Gasteiger partial charge >= 0.3 is 0 Å². The molecule has 1 aliphatic heterocycles. The van der Waals surface area contributed by atoms with Crippen LogP contribution in [0.5, 0.6) is 0 Å². The van der Waals surface area contributed by atoms with E-state index in [1.807, 2.05) is 6.07 Å². The maximum absolute atomic E-state index is 4.36. The van der Waals surface area contributed by atoms with Gasteiger partial charge in [0.15, 0.2) is 0 Å². The van der Waals surface area contributed by atoms with Gasteiger partial charge in [-0.05, 0) is 6.07 Å². The van der Waals surface area contributed by atoms with Crippen LogP contribution >= 0.6 is 24.4 Å². The molecule has 4 nitrogen and oxygen atoms in total. The normalized spacial score (nSPS) is 13.3. The molecule has 7 heteroatoms. The van der Waals surface area contributed by atoms with E-state index in [-0.39, 0.29) is 0 Å². The molecule has 1 aromatic heterocycles. The summed E-state index contributed by atoms with van der Waals surface area (Å²) in [5.74, 6) is 0. The number of hydrogen-bond acceptors (Lipinski definition) is 6. The lowest BCUT2D eigenvalue weighted by atomic mass is 10.2. The number of rotatable bonds is 0. The summed E-state index contributed by atoms with van der Waals surface area (Å²) < 4.78 is 16.5. The van der Waals surface area contributed by atoms with Crippen LogP contribution in [0.2, 0.25) is 0 Å². The second-order valence-corrected chi connectivity index (χ2v) is 3.99. The highest BCUT2D eigenvalue weighted by Gasteiger charge is 2.14. The molecule has 1 aromatic carbocycles. The largest absolute Gasteiger partial charge is 0.173 e. The zero-order valence-corrected chi connectivity index (χ0v) is 8.66. The fourth-order valence-electron chi connectivity index (χ4n) is 1.15. The lowest BCUT2D eigenvalue weighted by molar-refractivity contribution is 1.42. The molecule has 0 atom stereocenters. The lowest BCUT2D eigenvalue weighted by Gasteiger charge is -1.97. The molecule has 0 spiro atoms. The highest BCUT2D eigenvalue weighted by molar-refractivity contribution is 7.80. The van der Waals surface area contributed by atoms with Gasteiger partial charge in [-0.1, -0.05) is 0 Å². The average molecular weight is 226 g/mol. The molecule has 64 valence electrons. The van der Waals surface area contributed by atoms with Gasteiger partial charge in [-0.3, -0.25) is 0 Å². The van der Waals surface area contributed by atoms with Crippen molar-refractivity contribution in [2.75, 3.05) is 0 Å². The van der Waals surface area contributed by atoms with E-state index in [4.69, 9.17) is 0 Å². The van der Waals surface area contributed by atoms with Crippen molar-refractivity contribution in [1.82, 2.24) is 8.75 Å². The first-order valence-corrected chi connectivity index (χ1v) is 5.33. The van der Waals surface area contributed by atoms with Crippen molar-refractivity contribution in [3.05, 3.63) is 6.07 Å². The number of aromatic nitrogens is 2. The van der Waals surface area contributed by atoms with Crippen LogP contribution in [0.3, 0.4) is 0 Å². The molecule has 0 saturated carbocycles. The van der Waals surface area contributed by atoms with Crippen LogP contribution < -0.4 is 0 Å². The molecule has 0 amide bonds. The molecular weight excluding hydrogens is 224 g/mol. The Bertz CT molecular complexity index is 567. The van der Waals surface area contributed by atoms with E-state index in [2.05, 4.69) is 30.1 Å². The number of thiol groups is 1. The van der Waals surface area contributed by atoms with Crippen molar-refractivity contribution in [2.45, 2.75) is 4.90 Å². The molecule has 0 bridgehead atoms. The molecule has 0 saturated heterocycles. The smallest absolute Gasteiger partial charge is 0.120 e. The summed E-state index contributed by atoms with van der Waals surface area (Å²) in [5.41, 5.74) is 3.31. The highest BCUT2D eigenvalue weighted by atomic mass is 32.1. The summed E-state index contributed by atoms with van der Waals surface area (Å²) in [7, 11) is 0. The van der Waals surface area contributed by atoms with E-state index in [9.17, 15) is 0 Å². The zero-order valence-electron chi connectivity index (χ0n) is 6.13. The lowest BCUT2D eigenvalue weighted by Crippen LogP contribution is -1.74. The standard InChI is InChI=1S/C6H2N4S3/c11-6-4-2(7-12-9-4)1-3-5(6)10-13-8-3/h1,11H. The van der Waals surface area contributed by atoms with Gasteiger partial charge in [-0.15, -0.1) is 12.6 Å². The maximum Gasteiger partial charge on any atom is 0.120 e. The Hall–Kier alpha value is -0.790. The monoisotopic (exact) mass is 226 g/mol. The number of nitrogens with zero attached hydrogens (tertiary/aromatic N) is 4. The fraction of sp³-hybridized carbons (Fsp3) is 0. The summed E-state index contributed by atoms with van der Waals surface area (Å²) in [6.07, 6.45) is 0. The minimum Gasteiger partial charge on any atom is -0.173 e. The van der Waals surface area contributed by atoms with Crippen LogP contribution in [0.4, 0.5) is 11.4 Å². The molecule has 1 aliphatic rings. The average Bonchev–Trinajstić information content (AvgIpc) is 2.71. The minimum atomic E-state index is 0.773. The van der Waals surface area contributed by atoms with E-state index in [1.54, 1.807) is 0 Å². The number of hydrogen-bond donors (Lipinski definition) is 1. The summed E-state index contributed by atoms with van der Waals surface area (Å²) >= 11 is 6.72. The van der Waals surface area contributed by atoms with Gasteiger partial charge in [-0.2, -0.15) is 17.5 Å². The van der Waals surface area contributed by atoms with E-state index < -0.39 is 0 Å². The van der Waals surface area contributed by atoms with Crippen molar-refractivity contribution in [2.24, 2.45) is 8.73 Å². The van der Waals surface area contributed by atoms with Gasteiger partial charge < -0.3 is 0 Å². The molecular formula is C6H2N4S3. The van der Waals surface area contributed by atoms with Crippen molar-refractivity contribution in [3.8, 4) is 0 Å². The predicted octanol–water partition coefficient (Wildman–Crippen LogP) is 2.71. The Labute approximate surface area is 86.6 Å². The molecule has 2 heterocycles. The molecule has 0 N–H and O–H groups in total. The third-order valence-corrected chi connectivity index (χ3v) is 3.26. The van der Waals surface area contributed by atoms with Crippen LogP contribution in [-0.2, 0) is 11.4 Å². The number of benzene rings is 1. The molecule has 0 fully saturated rings. The van der Waals surface area contributed by atoms with Gasteiger partial charge in [0.1, 0.15) is 22.4 Å². The van der Waals surface area contributed by atoms with Crippen molar-refractivity contribution in [1.29, 1.82) is 0 Å². The highest BCUT2D eigenvalue weighted by Crippen LogP contribution is 2.41. The van der Waals surface area contributed by atoms with Gasteiger partial charge in [0.25, 0.3) is 0 Å². The fourth-order valence-corrected chi connectivity index (χ4v) is 2.68. The van der Waals surface area contributed by atoms with E-state index >= 15 is 0 Å². The quantitative estimate of drug-likeness (QED) is 0.599. The van der Waals surface area contributed by atoms with Crippen LogP contribution in [0.15, 0.2) is 19.7 Å². The molecule has 0 radical (unpaired) electrons. The Morgan fingerprint density at radius 1 is 1.23 bits per heavy atom. The molecule has 13 heavy (non-hydrogen) atoms. The van der Waals surface area contributed by atoms with E-state index in [1.165, 1.54) is 23.1 Å². The van der Waals surface area contributed by atoms with Crippen molar-refractivity contribution in [3.63, 3.8) is 0 Å². The molecule has 2 aromatic rings. The molecule has 0 aliphatic carbocycles. The maximum atomic E-state index is 4.36. The van der Waals surface area contributed by atoms with Gasteiger partial charge in [0, 0.05) is 0 Å². The number of fused-ring (bicyclic) bond motifs is 2. The second-order valence-electron chi connectivity index (χ2n) is 2.49. The van der Waals surface area contributed by atoms with Crippen LogP contribution in [0.25, 0.3) is 11.0 Å². The second kappa shape index (κ2) is 2.60. The van der Waals surface area contributed by atoms with Crippen LogP contribution in [-0.4, -0.2) is 8.75 Å². The third kappa shape index (κ3) is 0.976. The first-order chi connectivity index (χ1) is 6.36.